The van der Waals surface area contributed by atoms with Gasteiger partial charge < -0.3 is 10.2 Å². The fourth-order valence-electron chi connectivity index (χ4n) is 2.85. The molecule has 0 atom stereocenters. The Hall–Kier alpha value is -3.61. The number of nitrogens with one attached hydrogen (secondary N) is 1. The lowest BCUT2D eigenvalue weighted by Crippen LogP contribution is -2.26. The molecule has 0 aliphatic heterocycles. The molecule has 1 N–H and O–H groups in total. The van der Waals surface area contributed by atoms with Gasteiger partial charge in [0, 0.05) is 30.4 Å². The number of halogens is 3. The number of rotatable bonds is 5. The zero-order valence-electron chi connectivity index (χ0n) is 16.1. The minimum atomic E-state index is -4.39. The summed E-state index contributed by atoms with van der Waals surface area (Å²) >= 11 is 0. The van der Waals surface area contributed by atoms with Crippen LogP contribution in [0.3, 0.4) is 0 Å². The fraction of sp³-hybridized carbons (Fsp3) is 0.130. The van der Waals surface area contributed by atoms with Crippen LogP contribution in [0.5, 0.6) is 0 Å². The van der Waals surface area contributed by atoms with Crippen molar-refractivity contribution in [1.82, 2.24) is 4.90 Å². The quantitative estimate of drug-likeness (QED) is 0.624. The Bertz CT molecular complexity index is 1020. The van der Waals surface area contributed by atoms with Crippen LogP contribution in [0.4, 0.5) is 18.9 Å². The van der Waals surface area contributed by atoms with Crippen molar-refractivity contribution in [2.45, 2.75) is 12.7 Å². The molecule has 0 unspecified atom stereocenters. The largest absolute Gasteiger partial charge is 0.416 e. The first kappa shape index (κ1) is 21.1. The summed E-state index contributed by atoms with van der Waals surface area (Å²) in [7, 11) is 1.57. The Morgan fingerprint density at radius 1 is 0.833 bits per heavy atom. The molecule has 3 aromatic rings. The Kier molecular flexibility index (Phi) is 6.20. The van der Waals surface area contributed by atoms with Gasteiger partial charge in [-0.1, -0.05) is 30.3 Å². The van der Waals surface area contributed by atoms with E-state index >= 15 is 0 Å². The maximum absolute atomic E-state index is 12.6. The van der Waals surface area contributed by atoms with Crippen molar-refractivity contribution in [3.05, 3.63) is 101 Å². The summed E-state index contributed by atoms with van der Waals surface area (Å²) in [5.41, 5.74) is 1.33. The minimum absolute atomic E-state index is 0.170. The van der Waals surface area contributed by atoms with E-state index in [1.807, 2.05) is 6.07 Å². The van der Waals surface area contributed by atoms with E-state index in [1.54, 1.807) is 55.6 Å². The van der Waals surface area contributed by atoms with E-state index in [4.69, 9.17) is 0 Å². The van der Waals surface area contributed by atoms with E-state index in [9.17, 15) is 22.8 Å². The second-order valence-corrected chi connectivity index (χ2v) is 6.75. The van der Waals surface area contributed by atoms with Crippen molar-refractivity contribution in [1.29, 1.82) is 0 Å². The average molecular weight is 412 g/mol. The maximum Gasteiger partial charge on any atom is 0.416 e. The van der Waals surface area contributed by atoms with E-state index < -0.39 is 11.7 Å². The van der Waals surface area contributed by atoms with Crippen molar-refractivity contribution in [3.8, 4) is 0 Å². The van der Waals surface area contributed by atoms with Crippen LogP contribution < -0.4 is 5.32 Å². The van der Waals surface area contributed by atoms with Crippen LogP contribution in [0, 0.1) is 0 Å². The first-order chi connectivity index (χ1) is 14.2. The van der Waals surface area contributed by atoms with Gasteiger partial charge in [0.05, 0.1) is 5.56 Å². The Morgan fingerprint density at radius 2 is 1.43 bits per heavy atom. The topological polar surface area (TPSA) is 49.4 Å². The molecule has 0 fully saturated rings. The van der Waals surface area contributed by atoms with Crippen LogP contribution in [0.25, 0.3) is 0 Å². The van der Waals surface area contributed by atoms with Crippen molar-refractivity contribution in [2.75, 3.05) is 12.4 Å². The highest BCUT2D eigenvalue weighted by molar-refractivity contribution is 6.04. The van der Waals surface area contributed by atoms with Crippen LogP contribution in [-0.2, 0) is 12.7 Å². The van der Waals surface area contributed by atoms with Gasteiger partial charge in [-0.15, -0.1) is 0 Å². The smallest absolute Gasteiger partial charge is 0.337 e. The standard InChI is InChI=1S/C23H19F3N2O2/c1-28(15-16-7-11-19(12-8-16)23(24,25)26)22(30)18-9-13-20(14-10-18)27-21(29)17-5-3-2-4-6-17/h2-14H,15H2,1H3,(H,27,29). The van der Waals surface area contributed by atoms with Gasteiger partial charge in [-0.2, -0.15) is 13.2 Å². The summed E-state index contributed by atoms with van der Waals surface area (Å²) in [6, 6.07) is 19.9. The lowest BCUT2D eigenvalue weighted by atomic mass is 10.1. The van der Waals surface area contributed by atoms with E-state index in [1.165, 1.54) is 17.0 Å². The molecule has 30 heavy (non-hydrogen) atoms. The van der Waals surface area contributed by atoms with E-state index in [-0.39, 0.29) is 18.4 Å². The number of anilines is 1. The van der Waals surface area contributed by atoms with Crippen molar-refractivity contribution in [2.24, 2.45) is 0 Å². The molecule has 0 bridgehead atoms. The predicted octanol–water partition coefficient (Wildman–Crippen LogP) is 5.23. The van der Waals surface area contributed by atoms with Crippen LogP contribution in [0.2, 0.25) is 0 Å². The molecule has 0 aliphatic rings. The number of benzene rings is 3. The molecule has 0 heterocycles. The number of carbonyl (C=O) groups excluding carboxylic acids is 2. The number of nitrogens with zero attached hydrogens (tertiary/aromatic N) is 1. The first-order valence-corrected chi connectivity index (χ1v) is 9.12. The maximum atomic E-state index is 12.6. The molecule has 154 valence electrons. The molecular weight excluding hydrogens is 393 g/mol. The molecule has 4 nitrogen and oxygen atoms in total. The lowest BCUT2D eigenvalue weighted by molar-refractivity contribution is -0.137. The molecular formula is C23H19F3N2O2. The normalized spacial score (nSPS) is 11.1. The highest BCUT2D eigenvalue weighted by Gasteiger charge is 2.30. The lowest BCUT2D eigenvalue weighted by Gasteiger charge is -2.18. The van der Waals surface area contributed by atoms with Crippen molar-refractivity contribution in [3.63, 3.8) is 0 Å². The number of alkyl halides is 3. The van der Waals surface area contributed by atoms with Gasteiger partial charge in [0.25, 0.3) is 11.8 Å². The SMILES string of the molecule is CN(Cc1ccc(C(F)(F)F)cc1)C(=O)c1ccc(NC(=O)c2ccccc2)cc1. The van der Waals surface area contributed by atoms with E-state index in [0.29, 0.717) is 22.4 Å². The minimum Gasteiger partial charge on any atom is -0.337 e. The van der Waals surface area contributed by atoms with Gasteiger partial charge in [-0.3, -0.25) is 9.59 Å². The molecule has 3 aromatic carbocycles. The second kappa shape index (κ2) is 8.82. The van der Waals surface area contributed by atoms with Crippen LogP contribution in [0.15, 0.2) is 78.9 Å². The van der Waals surface area contributed by atoms with Gasteiger partial charge in [-0.25, -0.2) is 0 Å². The molecule has 0 aliphatic carbocycles. The molecule has 2 amide bonds. The monoisotopic (exact) mass is 412 g/mol. The zero-order valence-corrected chi connectivity index (χ0v) is 16.1. The van der Waals surface area contributed by atoms with Crippen molar-refractivity contribution < 1.29 is 22.8 Å². The third kappa shape index (κ3) is 5.26. The number of carbonyl (C=O) groups is 2. The summed E-state index contributed by atoms with van der Waals surface area (Å²) in [5.74, 6) is -0.537. The summed E-state index contributed by atoms with van der Waals surface area (Å²) < 4.78 is 37.9. The van der Waals surface area contributed by atoms with E-state index in [0.717, 1.165) is 12.1 Å². The molecule has 0 aromatic heterocycles. The molecule has 7 heteroatoms. The van der Waals surface area contributed by atoms with Crippen molar-refractivity contribution >= 4 is 17.5 Å². The first-order valence-electron chi connectivity index (χ1n) is 9.12. The van der Waals surface area contributed by atoms with E-state index in [2.05, 4.69) is 5.32 Å². The van der Waals surface area contributed by atoms with Gasteiger partial charge in [-0.05, 0) is 54.1 Å². The summed E-state index contributed by atoms with van der Waals surface area (Å²) in [4.78, 5) is 26.2. The predicted molar refractivity (Wildman–Crippen MR) is 108 cm³/mol. The molecule has 0 spiro atoms. The van der Waals surface area contributed by atoms with Crippen LogP contribution in [0.1, 0.15) is 31.8 Å². The Balaban J connectivity index is 1.61. The summed E-state index contributed by atoms with van der Waals surface area (Å²) in [6.07, 6.45) is -4.39. The molecule has 0 saturated carbocycles. The average Bonchev–Trinajstić information content (AvgIpc) is 2.74. The summed E-state index contributed by atoms with van der Waals surface area (Å²) in [6.45, 7) is 0.170. The molecule has 3 rings (SSSR count). The highest BCUT2D eigenvalue weighted by atomic mass is 19.4. The number of amides is 2. The Morgan fingerprint density at radius 3 is 2.00 bits per heavy atom. The molecule has 0 radical (unpaired) electrons. The zero-order chi connectivity index (χ0) is 21.7. The highest BCUT2D eigenvalue weighted by Crippen LogP contribution is 2.29. The van der Waals surface area contributed by atoms with Gasteiger partial charge in [0.2, 0.25) is 0 Å². The van der Waals surface area contributed by atoms with Crippen LogP contribution >= 0.6 is 0 Å². The third-order valence-corrected chi connectivity index (χ3v) is 4.47. The van der Waals surface area contributed by atoms with Gasteiger partial charge in [0.15, 0.2) is 0 Å². The number of hydrogen-bond acceptors (Lipinski definition) is 2. The van der Waals surface area contributed by atoms with Crippen LogP contribution in [-0.4, -0.2) is 23.8 Å². The van der Waals surface area contributed by atoms with Gasteiger partial charge in [0.1, 0.15) is 0 Å². The Labute approximate surface area is 171 Å². The van der Waals surface area contributed by atoms with Gasteiger partial charge >= 0.3 is 6.18 Å². The third-order valence-electron chi connectivity index (χ3n) is 4.47. The number of hydrogen-bond donors (Lipinski definition) is 1. The second-order valence-electron chi connectivity index (χ2n) is 6.75. The fourth-order valence-corrected chi connectivity index (χ4v) is 2.85. The summed E-state index contributed by atoms with van der Waals surface area (Å²) in [5, 5.41) is 2.76. The molecule has 0 saturated heterocycles.